The summed E-state index contributed by atoms with van der Waals surface area (Å²) in [6, 6.07) is 13.1. The number of esters is 1. The van der Waals surface area contributed by atoms with Crippen LogP contribution in [-0.2, 0) is 17.5 Å². The number of aromatic nitrogens is 2. The molecule has 3 aromatic rings. The molecule has 30 heavy (non-hydrogen) atoms. The minimum atomic E-state index is -4.49. The van der Waals surface area contributed by atoms with Crippen LogP contribution >= 0.6 is 0 Å². The van der Waals surface area contributed by atoms with Gasteiger partial charge in [-0.2, -0.15) is 13.2 Å². The maximum Gasteiger partial charge on any atom is 0.416 e. The Bertz CT molecular complexity index is 1130. The van der Waals surface area contributed by atoms with Crippen molar-refractivity contribution in [1.82, 2.24) is 9.13 Å². The molecule has 0 N–H and O–H groups in total. The van der Waals surface area contributed by atoms with Crippen LogP contribution in [0.2, 0.25) is 0 Å². The summed E-state index contributed by atoms with van der Waals surface area (Å²) in [7, 11) is 1.21. The highest BCUT2D eigenvalue weighted by Gasteiger charge is 2.33. The van der Waals surface area contributed by atoms with Gasteiger partial charge >= 0.3 is 17.8 Å². The largest absolute Gasteiger partial charge is 0.464 e. The van der Waals surface area contributed by atoms with Gasteiger partial charge in [-0.15, -0.1) is 0 Å². The van der Waals surface area contributed by atoms with Crippen LogP contribution in [0, 0.1) is 5.92 Å². The minimum Gasteiger partial charge on any atom is -0.464 e. The van der Waals surface area contributed by atoms with Crippen molar-refractivity contribution in [2.24, 2.45) is 5.92 Å². The number of methoxy groups -OCH3 is 1. The van der Waals surface area contributed by atoms with Crippen molar-refractivity contribution >= 4 is 5.97 Å². The van der Waals surface area contributed by atoms with Crippen molar-refractivity contribution in [3.63, 3.8) is 0 Å². The maximum atomic E-state index is 13.3. The third-order valence-corrected chi connectivity index (χ3v) is 5.16. The van der Waals surface area contributed by atoms with Gasteiger partial charge in [0.15, 0.2) is 5.69 Å². The number of alkyl halides is 3. The van der Waals surface area contributed by atoms with E-state index in [9.17, 15) is 22.8 Å². The van der Waals surface area contributed by atoms with Gasteiger partial charge in [0, 0.05) is 12.1 Å². The number of hydrogen-bond acceptors (Lipinski definition) is 3. The summed E-state index contributed by atoms with van der Waals surface area (Å²) in [5, 5.41) is 0. The van der Waals surface area contributed by atoms with Crippen LogP contribution in [-0.4, -0.2) is 22.2 Å². The summed E-state index contributed by atoms with van der Waals surface area (Å²) >= 11 is 0. The van der Waals surface area contributed by atoms with Gasteiger partial charge in [-0.05, 0) is 43.0 Å². The first kappa shape index (κ1) is 20.0. The number of carbonyl (C=O) groups is 1. The third-order valence-electron chi connectivity index (χ3n) is 5.16. The van der Waals surface area contributed by atoms with Crippen LogP contribution in [0.3, 0.4) is 0 Å². The summed E-state index contributed by atoms with van der Waals surface area (Å²) < 4.78 is 46.7. The van der Waals surface area contributed by atoms with E-state index in [2.05, 4.69) is 0 Å². The second kappa shape index (κ2) is 7.51. The first-order chi connectivity index (χ1) is 14.3. The standard InChI is InChI=1S/C22H19F3N2O3/c1-30-20(28)19-18(15-9-11-16(12-10-15)22(23,24)25)27(17-5-3-2-4-6-17)21(29)26(19)13-14-7-8-14/h2-6,9-12,14H,7-8,13H2,1H3. The highest BCUT2D eigenvalue weighted by Crippen LogP contribution is 2.35. The van der Waals surface area contributed by atoms with Crippen molar-refractivity contribution in [3.05, 3.63) is 76.3 Å². The normalized spacial score (nSPS) is 14.0. The third kappa shape index (κ3) is 3.65. The van der Waals surface area contributed by atoms with E-state index < -0.39 is 23.4 Å². The summed E-state index contributed by atoms with van der Waals surface area (Å²) in [6.07, 6.45) is -2.57. The predicted molar refractivity (Wildman–Crippen MR) is 105 cm³/mol. The van der Waals surface area contributed by atoms with Crippen LogP contribution in [0.1, 0.15) is 28.9 Å². The topological polar surface area (TPSA) is 53.2 Å². The molecule has 0 saturated heterocycles. The lowest BCUT2D eigenvalue weighted by atomic mass is 10.1. The number of benzene rings is 2. The van der Waals surface area contributed by atoms with Crippen LogP contribution < -0.4 is 5.69 Å². The molecule has 0 amide bonds. The highest BCUT2D eigenvalue weighted by molar-refractivity contribution is 5.95. The molecule has 0 aliphatic heterocycles. The molecule has 8 heteroatoms. The van der Waals surface area contributed by atoms with Gasteiger partial charge in [-0.1, -0.05) is 30.3 Å². The quantitative estimate of drug-likeness (QED) is 0.575. The molecule has 2 aromatic carbocycles. The molecule has 1 aliphatic carbocycles. The Balaban J connectivity index is 1.99. The van der Waals surface area contributed by atoms with E-state index in [0.29, 0.717) is 17.8 Å². The second-order valence-corrected chi connectivity index (χ2v) is 7.27. The van der Waals surface area contributed by atoms with Crippen molar-refractivity contribution < 1.29 is 22.7 Å². The summed E-state index contributed by atoms with van der Waals surface area (Å²) in [6.45, 7) is 0.358. The van der Waals surface area contributed by atoms with Gasteiger partial charge in [-0.3, -0.25) is 9.13 Å². The van der Waals surface area contributed by atoms with E-state index >= 15 is 0 Å². The molecule has 4 rings (SSSR count). The van der Waals surface area contributed by atoms with Crippen molar-refractivity contribution in [1.29, 1.82) is 0 Å². The molecule has 156 valence electrons. The first-order valence-electron chi connectivity index (χ1n) is 9.48. The molecule has 0 radical (unpaired) electrons. The summed E-state index contributed by atoms with van der Waals surface area (Å²) in [5.74, 6) is -0.421. The molecule has 1 aliphatic rings. The number of ether oxygens (including phenoxy) is 1. The van der Waals surface area contributed by atoms with Gasteiger partial charge in [-0.25, -0.2) is 9.59 Å². The molecule has 0 bridgehead atoms. The summed E-state index contributed by atoms with van der Waals surface area (Å²) in [4.78, 5) is 26.0. The smallest absolute Gasteiger partial charge is 0.416 e. The van der Waals surface area contributed by atoms with Crippen molar-refractivity contribution in [2.45, 2.75) is 25.6 Å². The molecule has 0 unspecified atom stereocenters. The van der Waals surface area contributed by atoms with Gasteiger partial charge in [0.25, 0.3) is 0 Å². The molecular weight excluding hydrogens is 397 g/mol. The molecule has 1 fully saturated rings. The van der Waals surface area contributed by atoms with Gasteiger partial charge < -0.3 is 4.74 Å². The minimum absolute atomic E-state index is 0.0398. The average Bonchev–Trinajstić information content (AvgIpc) is 3.51. The zero-order valence-electron chi connectivity index (χ0n) is 16.1. The Hall–Kier alpha value is -3.29. The number of halogens is 3. The number of hydrogen-bond donors (Lipinski definition) is 0. The van der Waals surface area contributed by atoms with E-state index in [1.165, 1.54) is 28.4 Å². The first-order valence-corrected chi connectivity index (χ1v) is 9.48. The SMILES string of the molecule is COC(=O)c1c(-c2ccc(C(F)(F)F)cc2)n(-c2ccccc2)c(=O)n1CC1CC1. The molecule has 0 atom stereocenters. The van der Waals surface area contributed by atoms with Crippen LogP contribution in [0.25, 0.3) is 16.9 Å². The number of nitrogens with zero attached hydrogens (tertiary/aromatic N) is 2. The van der Waals surface area contributed by atoms with Crippen molar-refractivity contribution in [2.75, 3.05) is 7.11 Å². The predicted octanol–water partition coefficient (Wildman–Crippen LogP) is 4.52. The Morgan fingerprint density at radius 1 is 1.07 bits per heavy atom. The van der Waals surface area contributed by atoms with Crippen molar-refractivity contribution in [3.8, 4) is 16.9 Å². The zero-order chi connectivity index (χ0) is 21.5. The molecule has 1 heterocycles. The van der Waals surface area contributed by atoms with E-state index in [0.717, 1.165) is 25.0 Å². The molecule has 5 nitrogen and oxygen atoms in total. The molecular formula is C22H19F3N2O3. The van der Waals surface area contributed by atoms with E-state index in [-0.39, 0.29) is 17.3 Å². The van der Waals surface area contributed by atoms with E-state index in [4.69, 9.17) is 4.74 Å². The number of carbonyl (C=O) groups excluding carboxylic acids is 1. The summed E-state index contributed by atoms with van der Waals surface area (Å²) in [5.41, 5.74) is -0.151. The molecule has 0 spiro atoms. The maximum absolute atomic E-state index is 13.3. The average molecular weight is 416 g/mol. The monoisotopic (exact) mass is 416 g/mol. The fourth-order valence-electron chi connectivity index (χ4n) is 3.48. The lowest BCUT2D eigenvalue weighted by Gasteiger charge is -2.11. The van der Waals surface area contributed by atoms with Crippen LogP contribution in [0.4, 0.5) is 13.2 Å². The Morgan fingerprint density at radius 3 is 2.23 bits per heavy atom. The zero-order valence-corrected chi connectivity index (χ0v) is 16.1. The van der Waals surface area contributed by atoms with Gasteiger partial charge in [0.2, 0.25) is 0 Å². The van der Waals surface area contributed by atoms with Gasteiger partial charge in [0.05, 0.1) is 24.1 Å². The molecule has 1 aromatic heterocycles. The number of imidazole rings is 1. The number of para-hydroxylation sites is 1. The Labute approximate surface area is 170 Å². The van der Waals surface area contributed by atoms with E-state index in [1.807, 2.05) is 0 Å². The lowest BCUT2D eigenvalue weighted by molar-refractivity contribution is -0.137. The second-order valence-electron chi connectivity index (χ2n) is 7.27. The van der Waals surface area contributed by atoms with Gasteiger partial charge in [0.1, 0.15) is 0 Å². The lowest BCUT2D eigenvalue weighted by Crippen LogP contribution is -2.26. The highest BCUT2D eigenvalue weighted by atomic mass is 19.4. The Kier molecular flexibility index (Phi) is 5.01. The van der Waals surface area contributed by atoms with Crippen LogP contribution in [0.5, 0.6) is 0 Å². The fourth-order valence-corrected chi connectivity index (χ4v) is 3.48. The number of rotatable bonds is 5. The fraction of sp³-hybridized carbons (Fsp3) is 0.273. The Morgan fingerprint density at radius 2 is 1.70 bits per heavy atom. The van der Waals surface area contributed by atoms with E-state index in [1.54, 1.807) is 30.3 Å². The molecule has 1 saturated carbocycles. The van der Waals surface area contributed by atoms with Crippen LogP contribution in [0.15, 0.2) is 59.4 Å².